The van der Waals surface area contributed by atoms with Crippen LogP contribution in [0.2, 0.25) is 0 Å². The third-order valence-electron chi connectivity index (χ3n) is 12.8. The average molecular weight is 1100 g/mol. The molecule has 7 aromatic rings. The standard InChI is InChI=1S/C63H54O18/c1-40(64)74-62-55(80-61(70)47-35-21-8-22-36-47)53(51(78-59(68)45-31-17-6-18-32-45)49(75-62)39-73-57(66)43-27-13-4-14-28-43)81-63-54(79-60(69)46-33-19-7-20-34-46)52(71-37-41-23-9-2-10-24-41)50(77-58(67)44-29-15-5-16-30-44)48(76-63)38-72-56(65)42-25-11-3-12-26-42/h2-36,48-55,62-63H,37-39H2,1H3. The molecule has 10 atom stereocenters. The Hall–Kier alpha value is -9.33. The first-order valence-electron chi connectivity index (χ1n) is 25.8. The number of hydrogen-bond acceptors (Lipinski definition) is 18. The molecule has 2 heterocycles. The van der Waals surface area contributed by atoms with Crippen LogP contribution in [-0.4, -0.2) is 116 Å². The number of esters is 7. The summed E-state index contributed by atoms with van der Waals surface area (Å²) in [4.78, 5) is 98.2. The van der Waals surface area contributed by atoms with Crippen molar-refractivity contribution in [3.05, 3.63) is 251 Å². The van der Waals surface area contributed by atoms with Gasteiger partial charge in [-0.1, -0.05) is 140 Å². The van der Waals surface area contributed by atoms with Crippen LogP contribution in [0.1, 0.15) is 74.6 Å². The Bertz CT molecular complexity index is 3210. The number of carbonyl (C=O) groups excluding carboxylic acids is 7. The van der Waals surface area contributed by atoms with Crippen LogP contribution >= 0.6 is 0 Å². The van der Waals surface area contributed by atoms with E-state index >= 15 is 0 Å². The lowest BCUT2D eigenvalue weighted by molar-refractivity contribution is -0.356. The number of benzene rings is 7. The van der Waals surface area contributed by atoms with Crippen LogP contribution in [0.5, 0.6) is 0 Å². The molecule has 2 saturated heterocycles. The van der Waals surface area contributed by atoms with Crippen LogP contribution in [0.25, 0.3) is 0 Å². The fraction of sp³-hybridized carbons (Fsp3) is 0.222. The molecule has 2 aliphatic rings. The minimum absolute atomic E-state index is 0.0240. The van der Waals surface area contributed by atoms with Crippen molar-refractivity contribution < 1.29 is 85.7 Å². The molecule has 0 radical (unpaired) electrons. The largest absolute Gasteiger partial charge is 0.459 e. The Morgan fingerprint density at radius 3 is 0.988 bits per heavy atom. The summed E-state index contributed by atoms with van der Waals surface area (Å²) in [6, 6.07) is 56.2. The van der Waals surface area contributed by atoms with Crippen LogP contribution in [0.4, 0.5) is 0 Å². The topological polar surface area (TPSA) is 221 Å². The molecule has 0 aromatic heterocycles. The van der Waals surface area contributed by atoms with Crippen molar-refractivity contribution in [1.82, 2.24) is 0 Å². The SMILES string of the molecule is CC(=O)OC1OC(COC(=O)c2ccccc2)C(OC(=O)c2ccccc2)C(OC2OC(COC(=O)c3ccccc3)C(OC(=O)c3ccccc3)C(OCc3ccccc3)C2OC(=O)c2ccccc2)C1OC(=O)c1ccccc1. The van der Waals surface area contributed by atoms with Gasteiger partial charge in [-0.05, 0) is 78.4 Å². The zero-order valence-electron chi connectivity index (χ0n) is 43.5. The molecule has 2 fully saturated rings. The van der Waals surface area contributed by atoms with E-state index in [9.17, 15) is 33.6 Å². The van der Waals surface area contributed by atoms with E-state index in [4.69, 9.17) is 52.1 Å². The second-order valence-corrected chi connectivity index (χ2v) is 18.4. The molecule has 414 valence electrons. The van der Waals surface area contributed by atoms with Crippen molar-refractivity contribution in [2.45, 2.75) is 74.9 Å². The molecule has 7 aromatic carbocycles. The fourth-order valence-corrected chi connectivity index (χ4v) is 8.89. The highest BCUT2D eigenvalue weighted by Crippen LogP contribution is 2.37. The number of hydrogen-bond donors (Lipinski definition) is 0. The van der Waals surface area contributed by atoms with Crippen LogP contribution in [0, 0.1) is 0 Å². The van der Waals surface area contributed by atoms with Crippen molar-refractivity contribution in [3.8, 4) is 0 Å². The summed E-state index contributed by atoms with van der Waals surface area (Å²) in [7, 11) is 0. The summed E-state index contributed by atoms with van der Waals surface area (Å²) in [6.07, 6.45) is -17.6. The van der Waals surface area contributed by atoms with Gasteiger partial charge in [0.1, 0.15) is 37.6 Å². The van der Waals surface area contributed by atoms with Crippen LogP contribution in [0.3, 0.4) is 0 Å². The highest BCUT2D eigenvalue weighted by atomic mass is 16.8. The molecule has 18 heteroatoms. The Labute approximate surface area is 465 Å². The van der Waals surface area contributed by atoms with Gasteiger partial charge in [0, 0.05) is 6.92 Å². The first-order chi connectivity index (χ1) is 39.5. The Morgan fingerprint density at radius 2 is 0.630 bits per heavy atom. The predicted octanol–water partition coefficient (Wildman–Crippen LogP) is 8.59. The van der Waals surface area contributed by atoms with E-state index in [1.165, 1.54) is 72.8 Å². The van der Waals surface area contributed by atoms with E-state index in [0.29, 0.717) is 5.56 Å². The summed E-state index contributed by atoms with van der Waals surface area (Å²) in [5.74, 6) is -6.31. The van der Waals surface area contributed by atoms with Gasteiger partial charge in [0.05, 0.1) is 40.0 Å². The lowest BCUT2D eigenvalue weighted by atomic mass is 9.95. The van der Waals surface area contributed by atoms with E-state index in [2.05, 4.69) is 0 Å². The first kappa shape index (κ1) is 56.4. The fourth-order valence-electron chi connectivity index (χ4n) is 8.89. The number of carbonyl (C=O) groups is 7. The summed E-state index contributed by atoms with van der Waals surface area (Å²) >= 11 is 0. The molecule has 0 amide bonds. The van der Waals surface area contributed by atoms with Crippen molar-refractivity contribution in [1.29, 1.82) is 0 Å². The molecule has 0 bridgehead atoms. The third-order valence-corrected chi connectivity index (χ3v) is 12.8. The van der Waals surface area contributed by atoms with Gasteiger partial charge in [-0.25, -0.2) is 28.8 Å². The highest BCUT2D eigenvalue weighted by Gasteiger charge is 2.58. The maximum absolute atomic E-state index is 14.6. The maximum Gasteiger partial charge on any atom is 0.338 e. The van der Waals surface area contributed by atoms with E-state index in [1.807, 2.05) is 0 Å². The summed E-state index contributed by atoms with van der Waals surface area (Å²) in [6.45, 7) is -0.500. The van der Waals surface area contributed by atoms with E-state index in [-0.39, 0.29) is 40.0 Å². The molecule has 9 rings (SSSR count). The minimum atomic E-state index is -1.98. The smallest absolute Gasteiger partial charge is 0.338 e. The van der Waals surface area contributed by atoms with Gasteiger partial charge < -0.3 is 52.1 Å². The maximum atomic E-state index is 14.6. The van der Waals surface area contributed by atoms with Gasteiger partial charge >= 0.3 is 41.8 Å². The lowest BCUT2D eigenvalue weighted by Crippen LogP contribution is -2.67. The second kappa shape index (κ2) is 27.5. The molecule has 2 aliphatic heterocycles. The molecule has 0 spiro atoms. The first-order valence-corrected chi connectivity index (χ1v) is 25.8. The van der Waals surface area contributed by atoms with Crippen LogP contribution in [-0.2, 0) is 63.5 Å². The van der Waals surface area contributed by atoms with Crippen LogP contribution < -0.4 is 0 Å². The van der Waals surface area contributed by atoms with Crippen molar-refractivity contribution >= 4 is 41.8 Å². The second-order valence-electron chi connectivity index (χ2n) is 18.4. The monoisotopic (exact) mass is 1100 g/mol. The van der Waals surface area contributed by atoms with Crippen molar-refractivity contribution in [3.63, 3.8) is 0 Å². The predicted molar refractivity (Wildman–Crippen MR) is 285 cm³/mol. The molecule has 18 nitrogen and oxygen atoms in total. The van der Waals surface area contributed by atoms with Gasteiger partial charge in [0.25, 0.3) is 0 Å². The molecule has 10 unspecified atom stereocenters. The molecular formula is C63H54O18. The Balaban J connectivity index is 1.20. The van der Waals surface area contributed by atoms with Gasteiger partial charge in [0.2, 0.25) is 6.29 Å². The summed E-state index contributed by atoms with van der Waals surface area (Å²) < 4.78 is 69.6. The van der Waals surface area contributed by atoms with E-state index in [0.717, 1.165) is 6.92 Å². The number of rotatable bonds is 20. The van der Waals surface area contributed by atoms with Gasteiger partial charge in [-0.2, -0.15) is 0 Å². The minimum Gasteiger partial charge on any atom is -0.459 e. The molecule has 81 heavy (non-hydrogen) atoms. The van der Waals surface area contributed by atoms with Gasteiger partial charge in [-0.3, -0.25) is 4.79 Å². The molecular weight excluding hydrogens is 1040 g/mol. The zero-order valence-corrected chi connectivity index (χ0v) is 43.5. The zero-order chi connectivity index (χ0) is 56.5. The van der Waals surface area contributed by atoms with Gasteiger partial charge in [-0.15, -0.1) is 0 Å². The third kappa shape index (κ3) is 14.9. The van der Waals surface area contributed by atoms with Gasteiger partial charge in [0.15, 0.2) is 30.7 Å². The van der Waals surface area contributed by atoms with E-state index in [1.54, 1.807) is 140 Å². The van der Waals surface area contributed by atoms with Crippen LogP contribution in [0.15, 0.2) is 212 Å². The quantitative estimate of drug-likeness (QED) is 0.0515. The number of ether oxygens (including phenoxy) is 11. The molecule has 0 N–H and O–H groups in total. The Morgan fingerprint density at radius 1 is 0.333 bits per heavy atom. The normalized spacial score (nSPS) is 22.1. The van der Waals surface area contributed by atoms with E-state index < -0.39 is 116 Å². The van der Waals surface area contributed by atoms with Crippen molar-refractivity contribution in [2.75, 3.05) is 13.2 Å². The average Bonchev–Trinajstić information content (AvgIpc) is 3.71. The highest BCUT2D eigenvalue weighted by molar-refractivity contribution is 5.92. The molecule has 0 saturated carbocycles. The lowest BCUT2D eigenvalue weighted by Gasteiger charge is -2.49. The van der Waals surface area contributed by atoms with Crippen molar-refractivity contribution in [2.24, 2.45) is 0 Å². The molecule has 0 aliphatic carbocycles. The Kier molecular flexibility index (Phi) is 19.2. The summed E-state index contributed by atoms with van der Waals surface area (Å²) in [5, 5.41) is 0. The summed E-state index contributed by atoms with van der Waals surface area (Å²) in [5.41, 5.74) is 1.16.